The first-order valence-corrected chi connectivity index (χ1v) is 9.90. The van der Waals surface area contributed by atoms with E-state index in [0.717, 1.165) is 32.0 Å². The molecular formula is C20H21ClF2N6O. The summed E-state index contributed by atoms with van der Waals surface area (Å²) in [6.07, 6.45) is 1.98. The minimum absolute atomic E-state index is 0.0752. The number of aromatic amines is 1. The third kappa shape index (κ3) is 4.17. The summed E-state index contributed by atoms with van der Waals surface area (Å²) in [5.41, 5.74) is 0.692. The van der Waals surface area contributed by atoms with Gasteiger partial charge in [-0.1, -0.05) is 22.8 Å². The number of likely N-dealkylation sites (tertiary alicyclic amines) is 1. The second-order valence-corrected chi connectivity index (χ2v) is 7.80. The van der Waals surface area contributed by atoms with E-state index < -0.39 is 11.6 Å². The van der Waals surface area contributed by atoms with Gasteiger partial charge in [-0.3, -0.25) is 0 Å². The number of hydrogen-bond acceptors (Lipinski definition) is 5. The van der Waals surface area contributed by atoms with E-state index in [1.54, 1.807) is 24.3 Å². The Morgan fingerprint density at radius 3 is 2.93 bits per heavy atom. The number of hydrogen-bond donors (Lipinski definition) is 4. The van der Waals surface area contributed by atoms with Crippen LogP contribution in [0, 0.1) is 11.6 Å². The van der Waals surface area contributed by atoms with Gasteiger partial charge in [0.25, 0.3) is 0 Å². The third-order valence-electron chi connectivity index (χ3n) is 5.07. The Bertz CT molecular complexity index is 1100. The normalized spacial score (nSPS) is 18.0. The maximum Gasteiger partial charge on any atom is 0.201 e. The molecule has 158 valence electrons. The molecule has 2 aromatic carbocycles. The van der Waals surface area contributed by atoms with Gasteiger partial charge in [0.05, 0.1) is 5.52 Å². The van der Waals surface area contributed by atoms with Gasteiger partial charge >= 0.3 is 0 Å². The average molecular weight is 435 g/mol. The van der Waals surface area contributed by atoms with E-state index in [1.165, 1.54) is 0 Å². The summed E-state index contributed by atoms with van der Waals surface area (Å²) in [6, 6.07) is 7.81. The van der Waals surface area contributed by atoms with Crippen molar-refractivity contribution in [1.82, 2.24) is 14.9 Å². The van der Waals surface area contributed by atoms with Gasteiger partial charge in [0.1, 0.15) is 5.52 Å². The maximum absolute atomic E-state index is 14.4. The number of nitrogens with zero attached hydrogens (tertiary/aromatic N) is 3. The quantitative estimate of drug-likeness (QED) is 0.213. The molecule has 1 saturated heterocycles. The van der Waals surface area contributed by atoms with Gasteiger partial charge in [-0.05, 0) is 50.7 Å². The molecule has 7 nitrogen and oxygen atoms in total. The van der Waals surface area contributed by atoms with Gasteiger partial charge < -0.3 is 25.7 Å². The van der Waals surface area contributed by atoms with Crippen molar-refractivity contribution in [2.75, 3.05) is 30.8 Å². The van der Waals surface area contributed by atoms with Crippen LogP contribution in [0.4, 0.5) is 20.4 Å². The van der Waals surface area contributed by atoms with Crippen molar-refractivity contribution in [1.29, 1.82) is 0 Å². The molecule has 3 aromatic rings. The van der Waals surface area contributed by atoms with Crippen LogP contribution < -0.4 is 10.6 Å². The van der Waals surface area contributed by atoms with Gasteiger partial charge in [-0.15, -0.1) is 0 Å². The van der Waals surface area contributed by atoms with Crippen LogP contribution in [0.2, 0.25) is 5.02 Å². The topological polar surface area (TPSA) is 88.6 Å². The molecule has 4 N–H and O–H groups in total. The number of halogens is 3. The number of fused-ring (bicyclic) bond motifs is 1. The van der Waals surface area contributed by atoms with Crippen molar-refractivity contribution in [3.8, 4) is 0 Å². The number of likely N-dealkylation sites (N-methyl/N-ethyl adjacent to an activating group) is 1. The smallest absolute Gasteiger partial charge is 0.201 e. The molecule has 0 spiro atoms. The first kappa shape index (κ1) is 20.4. The van der Waals surface area contributed by atoms with E-state index in [0.29, 0.717) is 16.7 Å². The number of amidine groups is 1. The number of H-pyrrole nitrogens is 1. The summed E-state index contributed by atoms with van der Waals surface area (Å²) in [6.45, 7) is 1.84. The SMILES string of the molecule is CN1CCC[C@H](Nc2nc3c(F)c(F)cc(/C(=N/O)Nc4cccc(Cl)c4)c3[nH]2)C1. The van der Waals surface area contributed by atoms with E-state index >= 15 is 0 Å². The van der Waals surface area contributed by atoms with Gasteiger partial charge in [0.15, 0.2) is 17.5 Å². The predicted octanol–water partition coefficient (Wildman–Crippen LogP) is 4.25. The molecule has 4 rings (SSSR count). The average Bonchev–Trinajstić information content (AvgIpc) is 3.13. The Morgan fingerprint density at radius 1 is 1.37 bits per heavy atom. The molecule has 10 heteroatoms. The van der Waals surface area contributed by atoms with Gasteiger partial charge in [-0.2, -0.15) is 0 Å². The van der Waals surface area contributed by atoms with E-state index in [9.17, 15) is 14.0 Å². The van der Waals surface area contributed by atoms with Crippen LogP contribution in [0.15, 0.2) is 35.5 Å². The number of imidazole rings is 1. The highest BCUT2D eigenvalue weighted by Crippen LogP contribution is 2.27. The molecule has 1 aliphatic rings. The summed E-state index contributed by atoms with van der Waals surface area (Å²) in [5.74, 6) is -1.91. The molecular weight excluding hydrogens is 414 g/mol. The Balaban J connectivity index is 1.70. The van der Waals surface area contributed by atoms with Crippen LogP contribution in [0.1, 0.15) is 18.4 Å². The van der Waals surface area contributed by atoms with Crippen molar-refractivity contribution in [3.63, 3.8) is 0 Å². The van der Waals surface area contributed by atoms with Crippen LogP contribution in [-0.2, 0) is 0 Å². The highest BCUT2D eigenvalue weighted by Gasteiger charge is 2.23. The fourth-order valence-electron chi connectivity index (χ4n) is 3.68. The molecule has 1 fully saturated rings. The monoisotopic (exact) mass is 434 g/mol. The van der Waals surface area contributed by atoms with Crippen LogP contribution in [0.5, 0.6) is 0 Å². The third-order valence-corrected chi connectivity index (χ3v) is 5.30. The first-order chi connectivity index (χ1) is 14.4. The molecule has 1 aliphatic heterocycles. The lowest BCUT2D eigenvalue weighted by Crippen LogP contribution is -2.39. The number of benzene rings is 2. The number of piperidine rings is 1. The minimum Gasteiger partial charge on any atom is -0.409 e. The van der Waals surface area contributed by atoms with Crippen LogP contribution in [-0.4, -0.2) is 52.1 Å². The maximum atomic E-state index is 14.4. The largest absolute Gasteiger partial charge is 0.409 e. The van der Waals surface area contributed by atoms with E-state index in [1.807, 2.05) is 7.05 Å². The fraction of sp³-hybridized carbons (Fsp3) is 0.300. The lowest BCUT2D eigenvalue weighted by Gasteiger charge is -2.29. The molecule has 0 amide bonds. The second-order valence-electron chi connectivity index (χ2n) is 7.36. The lowest BCUT2D eigenvalue weighted by atomic mass is 10.1. The molecule has 0 unspecified atom stereocenters. The Kier molecular flexibility index (Phi) is 5.74. The molecule has 0 radical (unpaired) electrons. The fourth-order valence-corrected chi connectivity index (χ4v) is 3.87. The zero-order chi connectivity index (χ0) is 21.3. The summed E-state index contributed by atoms with van der Waals surface area (Å²) in [7, 11) is 2.03. The molecule has 0 bridgehead atoms. The Labute approximate surface area is 176 Å². The van der Waals surface area contributed by atoms with Crippen LogP contribution >= 0.6 is 11.6 Å². The molecule has 0 aliphatic carbocycles. The Hall–Kier alpha value is -2.91. The van der Waals surface area contributed by atoms with E-state index in [-0.39, 0.29) is 28.5 Å². The van der Waals surface area contributed by atoms with Crippen molar-refractivity contribution in [2.45, 2.75) is 18.9 Å². The molecule has 2 heterocycles. The van der Waals surface area contributed by atoms with Crippen LogP contribution in [0.25, 0.3) is 11.0 Å². The summed E-state index contributed by atoms with van der Waals surface area (Å²) in [5, 5.41) is 19.4. The van der Waals surface area contributed by atoms with Crippen molar-refractivity contribution in [2.24, 2.45) is 5.16 Å². The first-order valence-electron chi connectivity index (χ1n) is 9.52. The zero-order valence-electron chi connectivity index (χ0n) is 16.2. The van der Waals surface area contributed by atoms with Crippen LogP contribution in [0.3, 0.4) is 0 Å². The number of anilines is 2. The van der Waals surface area contributed by atoms with E-state index in [4.69, 9.17) is 11.6 Å². The van der Waals surface area contributed by atoms with Gasteiger partial charge in [0.2, 0.25) is 5.95 Å². The molecule has 1 atom stereocenters. The van der Waals surface area contributed by atoms with Gasteiger partial charge in [-0.25, -0.2) is 13.8 Å². The zero-order valence-corrected chi connectivity index (χ0v) is 17.0. The summed E-state index contributed by atoms with van der Waals surface area (Å²) >= 11 is 5.98. The number of nitrogens with one attached hydrogen (secondary N) is 3. The highest BCUT2D eigenvalue weighted by atomic mass is 35.5. The van der Waals surface area contributed by atoms with Crippen molar-refractivity contribution >= 4 is 40.1 Å². The van der Waals surface area contributed by atoms with E-state index in [2.05, 4.69) is 30.7 Å². The number of aromatic nitrogens is 2. The van der Waals surface area contributed by atoms with Gasteiger partial charge in [0, 0.05) is 28.9 Å². The molecule has 0 saturated carbocycles. The molecule has 1 aromatic heterocycles. The number of rotatable bonds is 4. The second kappa shape index (κ2) is 8.45. The summed E-state index contributed by atoms with van der Waals surface area (Å²) in [4.78, 5) is 9.40. The minimum atomic E-state index is -1.10. The Morgan fingerprint density at radius 2 is 2.20 bits per heavy atom. The van der Waals surface area contributed by atoms with Crippen molar-refractivity contribution < 1.29 is 14.0 Å². The standard InChI is InChI=1S/C20H21ClF2N6O/c1-29-7-3-6-13(10-29)25-20-26-17-14(9-15(22)16(23)18(17)27-20)19(28-30)24-12-5-2-4-11(21)8-12/h2,4-5,8-9,13,30H,3,6-7,10H2,1H3,(H,24,28)(H2,25,26,27)/t13-/m0/s1. The lowest BCUT2D eigenvalue weighted by molar-refractivity contribution is 0.260. The predicted molar refractivity (Wildman–Crippen MR) is 114 cm³/mol. The molecule has 30 heavy (non-hydrogen) atoms. The summed E-state index contributed by atoms with van der Waals surface area (Å²) < 4.78 is 28.7. The highest BCUT2D eigenvalue weighted by molar-refractivity contribution is 6.31. The number of oxime groups is 1. The van der Waals surface area contributed by atoms with Crippen molar-refractivity contribution in [3.05, 3.63) is 52.6 Å².